The average Bonchev–Trinajstić information content (AvgIpc) is 3.23. The highest BCUT2D eigenvalue weighted by Crippen LogP contribution is 2.39. The van der Waals surface area contributed by atoms with Gasteiger partial charge in [0, 0.05) is 37.6 Å². The second-order valence-electron chi connectivity index (χ2n) is 11.9. The van der Waals surface area contributed by atoms with Crippen molar-refractivity contribution in [3.63, 3.8) is 0 Å². The number of carbonyl (C=O) groups is 3. The number of nitrogens with zero attached hydrogens (tertiary/aromatic N) is 6. The van der Waals surface area contributed by atoms with Crippen molar-refractivity contribution in [2.75, 3.05) is 31.6 Å². The monoisotopic (exact) mass is 577 g/mol. The molecule has 2 saturated heterocycles. The number of guanidine groups is 1. The smallest absolute Gasteiger partial charge is 0.407 e. The number of halogens is 1. The first kappa shape index (κ1) is 29.1. The molecule has 1 aromatic heterocycles. The first-order chi connectivity index (χ1) is 19.8. The van der Waals surface area contributed by atoms with Gasteiger partial charge in [-0.2, -0.15) is 0 Å². The number of carbonyl (C=O) groups excluding carboxylic acids is 3. The molecule has 0 saturated carbocycles. The molecule has 42 heavy (non-hydrogen) atoms. The number of nitrogens with one attached hydrogen (secondary N) is 1. The third-order valence-electron chi connectivity index (χ3n) is 7.74. The molecule has 2 aromatic rings. The van der Waals surface area contributed by atoms with E-state index >= 15 is 0 Å². The van der Waals surface area contributed by atoms with Gasteiger partial charge in [0.05, 0.1) is 12.1 Å². The average molecular weight is 578 g/mol. The normalized spacial score (nSPS) is 24.3. The van der Waals surface area contributed by atoms with Gasteiger partial charge in [0.25, 0.3) is 5.91 Å². The summed E-state index contributed by atoms with van der Waals surface area (Å²) in [5.74, 6) is 5.62. The van der Waals surface area contributed by atoms with Crippen LogP contribution in [0, 0.1) is 17.7 Å². The number of hydrogen-bond donors (Lipinski definition) is 1. The van der Waals surface area contributed by atoms with Gasteiger partial charge < -0.3 is 19.9 Å². The molecular weight excluding hydrogens is 541 g/mol. The van der Waals surface area contributed by atoms with Gasteiger partial charge in [-0.3, -0.25) is 9.69 Å². The molecule has 0 spiro atoms. The van der Waals surface area contributed by atoms with Crippen LogP contribution in [0.5, 0.6) is 0 Å². The highest BCUT2D eigenvalue weighted by molar-refractivity contribution is 6.19. The Kier molecular flexibility index (Phi) is 7.47. The number of alkyl carbamates (subject to hydrolysis) is 1. The van der Waals surface area contributed by atoms with Crippen LogP contribution in [0.15, 0.2) is 35.3 Å². The third kappa shape index (κ3) is 5.31. The van der Waals surface area contributed by atoms with Crippen LogP contribution in [0.25, 0.3) is 10.9 Å². The largest absolute Gasteiger partial charge is 0.444 e. The minimum atomic E-state index is -1.22. The van der Waals surface area contributed by atoms with Crippen LogP contribution in [0.4, 0.5) is 19.8 Å². The first-order valence-corrected chi connectivity index (χ1v) is 14.0. The van der Waals surface area contributed by atoms with E-state index in [1.165, 1.54) is 17.0 Å². The molecule has 1 aromatic carbocycles. The molecular formula is C30H36FN7O4. The Morgan fingerprint density at radius 1 is 1.24 bits per heavy atom. The number of imide groups is 1. The van der Waals surface area contributed by atoms with Crippen molar-refractivity contribution in [1.82, 2.24) is 25.0 Å². The van der Waals surface area contributed by atoms with Crippen molar-refractivity contribution < 1.29 is 23.5 Å². The lowest BCUT2D eigenvalue weighted by molar-refractivity contribution is -0.127. The summed E-state index contributed by atoms with van der Waals surface area (Å²) in [6.45, 7) is 10.2. The summed E-state index contributed by atoms with van der Waals surface area (Å²) >= 11 is 0. The zero-order chi connectivity index (χ0) is 30.4. The molecule has 0 bridgehead atoms. The number of aromatic nitrogens is 1. The molecule has 4 heterocycles. The number of likely N-dealkylation sites (N-methyl/N-ethyl adjacent to an activating group) is 1. The topological polar surface area (TPSA) is 111 Å². The van der Waals surface area contributed by atoms with Gasteiger partial charge in [-0.25, -0.2) is 28.9 Å². The summed E-state index contributed by atoms with van der Waals surface area (Å²) in [5, 5.41) is 3.63. The highest BCUT2D eigenvalue weighted by Gasteiger charge is 2.61. The van der Waals surface area contributed by atoms with Gasteiger partial charge in [0.15, 0.2) is 11.7 Å². The Bertz CT molecular complexity index is 1530. The second-order valence-corrected chi connectivity index (χ2v) is 11.9. The number of anilines is 1. The minimum Gasteiger partial charge on any atom is -0.444 e. The van der Waals surface area contributed by atoms with Gasteiger partial charge in [-0.1, -0.05) is 5.92 Å². The summed E-state index contributed by atoms with van der Waals surface area (Å²) in [4.78, 5) is 56.2. The number of amides is 4. The van der Waals surface area contributed by atoms with Crippen LogP contribution in [0.2, 0.25) is 0 Å². The maximum atomic E-state index is 14.2. The van der Waals surface area contributed by atoms with Crippen molar-refractivity contribution in [3.8, 4) is 11.8 Å². The zero-order valence-electron chi connectivity index (χ0n) is 24.8. The molecule has 5 rings (SSSR count). The molecule has 3 atom stereocenters. The number of aliphatic imine (C=N–C) groups is 1. The number of piperidine rings is 1. The Morgan fingerprint density at radius 3 is 2.69 bits per heavy atom. The van der Waals surface area contributed by atoms with Crippen LogP contribution in [-0.4, -0.2) is 93.7 Å². The quantitative estimate of drug-likeness (QED) is 0.556. The van der Waals surface area contributed by atoms with E-state index in [1.54, 1.807) is 39.1 Å². The molecule has 4 amide bonds. The fraction of sp³-hybridized carbons (Fsp3) is 0.500. The number of hydrogen-bond acceptors (Lipinski definition) is 8. The first-order valence-electron chi connectivity index (χ1n) is 14.0. The van der Waals surface area contributed by atoms with Crippen LogP contribution in [0.1, 0.15) is 47.5 Å². The fourth-order valence-corrected chi connectivity index (χ4v) is 5.67. The number of fused-ring (bicyclic) bond motifs is 2. The summed E-state index contributed by atoms with van der Waals surface area (Å²) in [6.07, 6.45) is 1.05. The van der Waals surface area contributed by atoms with Gasteiger partial charge >= 0.3 is 12.1 Å². The molecule has 3 aliphatic heterocycles. The number of benzene rings is 1. The van der Waals surface area contributed by atoms with Gasteiger partial charge in [0.1, 0.15) is 17.2 Å². The van der Waals surface area contributed by atoms with E-state index in [9.17, 15) is 18.8 Å². The molecule has 1 N–H and O–H groups in total. The lowest BCUT2D eigenvalue weighted by Crippen LogP contribution is -2.71. The Labute approximate surface area is 244 Å². The van der Waals surface area contributed by atoms with E-state index in [-0.39, 0.29) is 18.4 Å². The second kappa shape index (κ2) is 10.8. The number of urea groups is 1. The van der Waals surface area contributed by atoms with Crippen molar-refractivity contribution in [2.45, 2.75) is 70.8 Å². The summed E-state index contributed by atoms with van der Waals surface area (Å²) in [5.41, 5.74) is -1.51. The number of pyridine rings is 1. The molecule has 12 heteroatoms. The lowest BCUT2D eigenvalue weighted by atomic mass is 9.97. The maximum absolute atomic E-state index is 14.2. The Hall–Kier alpha value is -4.40. The number of rotatable bonds is 3. The van der Waals surface area contributed by atoms with Crippen LogP contribution in [-0.2, 0) is 9.53 Å². The van der Waals surface area contributed by atoms with Crippen molar-refractivity contribution in [1.29, 1.82) is 0 Å². The SMILES string of the molecule is CC#CCN1C(N2CCC[C@@H](NC(=O)OC(C)(C)C)C2)=NC2(C)C1C(=O)N(c1ccc3ccc(F)cc3n1)C(=O)N2C. The van der Waals surface area contributed by atoms with E-state index in [2.05, 4.69) is 22.1 Å². The number of ether oxygens (including phenoxy) is 1. The maximum Gasteiger partial charge on any atom is 0.407 e. The van der Waals surface area contributed by atoms with Crippen LogP contribution >= 0.6 is 0 Å². The Balaban J connectivity index is 1.47. The van der Waals surface area contributed by atoms with Crippen molar-refractivity contribution in [2.24, 2.45) is 4.99 Å². The summed E-state index contributed by atoms with van der Waals surface area (Å²) in [7, 11) is 1.61. The van der Waals surface area contributed by atoms with Gasteiger partial charge in [-0.05, 0) is 71.7 Å². The molecule has 0 aliphatic carbocycles. The van der Waals surface area contributed by atoms with E-state index in [0.717, 1.165) is 17.7 Å². The minimum absolute atomic E-state index is 0.103. The highest BCUT2D eigenvalue weighted by atomic mass is 19.1. The summed E-state index contributed by atoms with van der Waals surface area (Å²) in [6, 6.07) is 5.81. The predicted octanol–water partition coefficient (Wildman–Crippen LogP) is 3.54. The molecule has 2 fully saturated rings. The van der Waals surface area contributed by atoms with Gasteiger partial charge in [-0.15, -0.1) is 5.92 Å². The predicted molar refractivity (Wildman–Crippen MR) is 156 cm³/mol. The number of likely N-dealkylation sites (tertiary alicyclic amines) is 1. The standard InChI is InChI=1S/C30H36FN7O4/c1-7-8-16-37-24-25(39)38(23-14-12-19-11-13-20(31)17-22(19)33-23)28(41)35(6)30(24,5)34-26(37)36-15-9-10-21(18-36)32-27(40)42-29(2,3)4/h11-14,17,21,24H,9-10,15-16,18H2,1-6H3,(H,32,40)/t21-,24?,30?/m1/s1. The molecule has 2 unspecified atom stereocenters. The van der Waals surface area contributed by atoms with Crippen LogP contribution in [0.3, 0.4) is 0 Å². The third-order valence-corrected chi connectivity index (χ3v) is 7.74. The lowest BCUT2D eigenvalue weighted by Gasteiger charge is -2.46. The van der Waals surface area contributed by atoms with E-state index < -0.39 is 41.2 Å². The van der Waals surface area contributed by atoms with Gasteiger partial charge in [0.2, 0.25) is 5.96 Å². The molecule has 222 valence electrons. The molecule has 3 aliphatic rings. The molecule has 0 radical (unpaired) electrons. The molecule has 11 nitrogen and oxygen atoms in total. The van der Waals surface area contributed by atoms with E-state index in [1.807, 2.05) is 30.6 Å². The van der Waals surface area contributed by atoms with Crippen LogP contribution < -0.4 is 10.2 Å². The van der Waals surface area contributed by atoms with Crippen molar-refractivity contribution in [3.05, 3.63) is 36.1 Å². The fourth-order valence-electron chi connectivity index (χ4n) is 5.67. The zero-order valence-corrected chi connectivity index (χ0v) is 24.8. The van der Waals surface area contributed by atoms with E-state index in [4.69, 9.17) is 9.73 Å². The van der Waals surface area contributed by atoms with Crippen molar-refractivity contribution >= 4 is 40.7 Å². The summed E-state index contributed by atoms with van der Waals surface area (Å²) < 4.78 is 19.4. The van der Waals surface area contributed by atoms with E-state index in [0.29, 0.717) is 30.0 Å². The Morgan fingerprint density at radius 2 is 1.98 bits per heavy atom.